The Morgan fingerprint density at radius 2 is 0.700 bits per heavy atom. The normalized spacial score (nSPS) is 13.6. The van der Waals surface area contributed by atoms with Crippen molar-refractivity contribution in [3.63, 3.8) is 0 Å². The molecular weight excluding hydrogens is 904 g/mol. The number of aliphatic hydroxyl groups is 1. The number of hydrogen-bond donors (Lipinski definition) is 2. The van der Waals surface area contributed by atoms with Crippen molar-refractivity contribution in [1.82, 2.24) is 0 Å². The Morgan fingerprint density at radius 1 is 0.400 bits per heavy atom. The van der Waals surface area contributed by atoms with Crippen LogP contribution in [0.1, 0.15) is 278 Å². The Balaban J connectivity index is 4.70. The number of rotatable bonds is 54. The molecule has 0 spiro atoms. The molecule has 0 aliphatic carbocycles. The highest BCUT2D eigenvalue weighted by atomic mass is 31.2. The van der Waals surface area contributed by atoms with E-state index in [9.17, 15) is 28.9 Å². The highest BCUT2D eigenvalue weighted by Crippen LogP contribution is 2.43. The minimum Gasteiger partial charge on any atom is -0.462 e. The lowest BCUT2D eigenvalue weighted by molar-refractivity contribution is -0.161. The van der Waals surface area contributed by atoms with E-state index in [0.717, 1.165) is 103 Å². The van der Waals surface area contributed by atoms with Gasteiger partial charge in [-0.3, -0.25) is 23.4 Å². The molecule has 0 aromatic carbocycles. The minimum absolute atomic E-state index is 0.153. The van der Waals surface area contributed by atoms with E-state index in [2.05, 4.69) is 57.2 Å². The topological polar surface area (TPSA) is 155 Å². The molecule has 0 saturated carbocycles. The second-order valence-corrected chi connectivity index (χ2v) is 20.9. The van der Waals surface area contributed by atoms with Crippen molar-refractivity contribution >= 4 is 25.7 Å². The van der Waals surface area contributed by atoms with Crippen molar-refractivity contribution in [2.45, 2.75) is 290 Å². The Hall–Kier alpha value is -2.30. The highest BCUT2D eigenvalue weighted by Gasteiger charge is 2.28. The molecule has 0 aromatic heterocycles. The van der Waals surface area contributed by atoms with Crippen molar-refractivity contribution in [2.75, 3.05) is 26.4 Å². The maximum atomic E-state index is 12.9. The van der Waals surface area contributed by atoms with Gasteiger partial charge in [-0.15, -0.1) is 0 Å². The summed E-state index contributed by atoms with van der Waals surface area (Å²) in [6.45, 7) is 4.61. The van der Waals surface area contributed by atoms with Gasteiger partial charge >= 0.3 is 25.7 Å². The van der Waals surface area contributed by atoms with Gasteiger partial charge in [-0.25, -0.2) is 4.57 Å². The third-order valence-corrected chi connectivity index (χ3v) is 13.5. The lowest BCUT2D eigenvalue weighted by Gasteiger charge is -2.21. The van der Waals surface area contributed by atoms with Crippen LogP contribution in [0.4, 0.5) is 0 Å². The number of phosphoric acid groups is 1. The summed E-state index contributed by atoms with van der Waals surface area (Å²) in [6.07, 6.45) is 53.8. The van der Waals surface area contributed by atoms with Crippen LogP contribution < -0.4 is 0 Å². The number of allylic oxidation sites excluding steroid dienone is 6. The number of carbonyl (C=O) groups is 3. The van der Waals surface area contributed by atoms with Crippen LogP contribution in [0, 0.1) is 0 Å². The Kier molecular flexibility index (Phi) is 51.3. The van der Waals surface area contributed by atoms with Crippen molar-refractivity contribution in [3.8, 4) is 0 Å². The predicted octanol–water partition coefficient (Wildman–Crippen LogP) is 16.8. The van der Waals surface area contributed by atoms with Crippen LogP contribution in [-0.4, -0.2) is 66.5 Å². The lowest BCUT2D eigenvalue weighted by Crippen LogP contribution is -2.30. The molecule has 2 N–H and O–H groups in total. The summed E-state index contributed by atoms with van der Waals surface area (Å²) in [4.78, 5) is 48.5. The number of hydrogen-bond acceptors (Lipinski definition) is 10. The number of ether oxygens (including phenoxy) is 3. The fraction of sp³-hybridized carbons (Fsp3) is 0.845. The van der Waals surface area contributed by atoms with E-state index < -0.39 is 57.8 Å². The first-order chi connectivity index (χ1) is 34.2. The predicted molar refractivity (Wildman–Crippen MR) is 289 cm³/mol. The first kappa shape index (κ1) is 67.7. The third-order valence-electron chi connectivity index (χ3n) is 12.5. The van der Waals surface area contributed by atoms with Gasteiger partial charge in [0.2, 0.25) is 0 Å². The summed E-state index contributed by atoms with van der Waals surface area (Å²) in [6, 6.07) is 0. The van der Waals surface area contributed by atoms with E-state index >= 15 is 0 Å². The van der Waals surface area contributed by atoms with Crippen LogP contribution in [0.15, 0.2) is 36.5 Å². The minimum atomic E-state index is -4.75. The average molecular weight is 1010 g/mol. The number of carbonyl (C=O) groups excluding carboxylic acids is 3. The molecule has 0 bridgehead atoms. The maximum absolute atomic E-state index is 12.9. The van der Waals surface area contributed by atoms with Gasteiger partial charge in [-0.05, 0) is 77.0 Å². The lowest BCUT2D eigenvalue weighted by atomic mass is 10.0. The summed E-state index contributed by atoms with van der Waals surface area (Å²) in [7, 11) is -4.75. The van der Waals surface area contributed by atoms with E-state index in [4.69, 9.17) is 23.3 Å². The van der Waals surface area contributed by atoms with Crippen LogP contribution in [0.3, 0.4) is 0 Å². The molecule has 0 fully saturated rings. The van der Waals surface area contributed by atoms with Crippen molar-refractivity contribution in [2.24, 2.45) is 0 Å². The molecular formula is C58H107O11P. The highest BCUT2D eigenvalue weighted by molar-refractivity contribution is 7.47. The van der Waals surface area contributed by atoms with Crippen molar-refractivity contribution in [3.05, 3.63) is 36.5 Å². The van der Waals surface area contributed by atoms with Crippen LogP contribution in [0.25, 0.3) is 0 Å². The second kappa shape index (κ2) is 53.0. The number of unbranched alkanes of at least 4 members (excludes halogenated alkanes) is 31. The number of phosphoric ester groups is 1. The molecule has 11 nitrogen and oxygen atoms in total. The van der Waals surface area contributed by atoms with Crippen LogP contribution >= 0.6 is 7.82 Å². The molecule has 0 aromatic rings. The van der Waals surface area contributed by atoms with Crippen LogP contribution in [0.2, 0.25) is 0 Å². The molecule has 0 saturated heterocycles. The molecule has 70 heavy (non-hydrogen) atoms. The molecule has 12 heteroatoms. The zero-order chi connectivity index (χ0) is 51.3. The van der Waals surface area contributed by atoms with Gasteiger partial charge in [0.1, 0.15) is 12.7 Å². The van der Waals surface area contributed by atoms with E-state index in [0.29, 0.717) is 19.3 Å². The van der Waals surface area contributed by atoms with Gasteiger partial charge in [0.25, 0.3) is 0 Å². The molecule has 0 amide bonds. The molecule has 0 radical (unpaired) electrons. The zero-order valence-corrected chi connectivity index (χ0v) is 46.1. The van der Waals surface area contributed by atoms with Gasteiger partial charge in [0.05, 0.1) is 19.8 Å². The van der Waals surface area contributed by atoms with Gasteiger partial charge in [-0.2, -0.15) is 0 Å². The molecule has 0 rings (SSSR count). The van der Waals surface area contributed by atoms with Crippen molar-refractivity contribution in [1.29, 1.82) is 0 Å². The van der Waals surface area contributed by atoms with Gasteiger partial charge in [0.15, 0.2) is 6.10 Å². The van der Waals surface area contributed by atoms with E-state index in [-0.39, 0.29) is 25.9 Å². The number of esters is 3. The standard InChI is InChI=1S/C58H107O11P/c1-4-7-10-13-16-19-22-25-27-30-33-36-39-42-45-48-57(61)68-54(50-59)52-66-70(63,64)67-53-55(51-65-56(60)47-44-41-38-35-32-29-24-21-18-15-12-9-6-3)69-58(62)49-46-43-40-37-34-31-28-26-23-20-17-14-11-8-5-2/h17,20-21,24,26,28,54-55,59H,4-16,18-19,22-23,25,27,29-53H2,1-3H3,(H,63,64)/b20-17-,24-21-,28-26-. The fourth-order valence-corrected chi connectivity index (χ4v) is 8.87. The van der Waals surface area contributed by atoms with E-state index in [1.165, 1.54) is 116 Å². The summed E-state index contributed by atoms with van der Waals surface area (Å²) in [5.41, 5.74) is 0. The summed E-state index contributed by atoms with van der Waals surface area (Å²) in [5, 5.41) is 9.81. The number of aliphatic hydroxyl groups excluding tert-OH is 1. The quantitative estimate of drug-likeness (QED) is 0.0197. The molecule has 3 unspecified atom stereocenters. The molecule has 0 heterocycles. The Labute approximate surface area is 429 Å². The SMILES string of the molecule is CCCCC/C=C\C/C=C\CCCCCCCC(=O)OC(COC(=O)CCCCCCC/C=C\CCCCCC)COP(=O)(O)OCC(CO)OC(=O)CCCCCCCCCCCCCCCCC. The summed E-state index contributed by atoms with van der Waals surface area (Å²) < 4.78 is 39.5. The Morgan fingerprint density at radius 3 is 1.11 bits per heavy atom. The van der Waals surface area contributed by atoms with Gasteiger partial charge in [-0.1, -0.05) is 218 Å². The smallest absolute Gasteiger partial charge is 0.462 e. The molecule has 0 aliphatic heterocycles. The van der Waals surface area contributed by atoms with Crippen LogP contribution in [-0.2, 0) is 42.2 Å². The van der Waals surface area contributed by atoms with Gasteiger partial charge < -0.3 is 24.2 Å². The molecule has 3 atom stereocenters. The second-order valence-electron chi connectivity index (χ2n) is 19.5. The summed E-state index contributed by atoms with van der Waals surface area (Å²) in [5.74, 6) is -1.47. The fourth-order valence-electron chi connectivity index (χ4n) is 8.09. The van der Waals surface area contributed by atoms with Gasteiger partial charge in [0, 0.05) is 19.3 Å². The van der Waals surface area contributed by atoms with E-state index in [1.807, 2.05) is 0 Å². The largest absolute Gasteiger partial charge is 0.472 e. The maximum Gasteiger partial charge on any atom is 0.472 e. The Bertz CT molecular complexity index is 1320. The summed E-state index contributed by atoms with van der Waals surface area (Å²) >= 11 is 0. The van der Waals surface area contributed by atoms with Crippen molar-refractivity contribution < 1.29 is 52.2 Å². The molecule has 0 aliphatic rings. The van der Waals surface area contributed by atoms with E-state index in [1.54, 1.807) is 0 Å². The zero-order valence-electron chi connectivity index (χ0n) is 45.2. The van der Waals surface area contributed by atoms with Crippen LogP contribution in [0.5, 0.6) is 0 Å². The first-order valence-electron chi connectivity index (χ1n) is 28.9. The first-order valence-corrected chi connectivity index (χ1v) is 30.4. The molecule has 410 valence electrons. The third kappa shape index (κ3) is 50.6. The average Bonchev–Trinajstić information content (AvgIpc) is 3.35. The monoisotopic (exact) mass is 1010 g/mol.